The summed E-state index contributed by atoms with van der Waals surface area (Å²) >= 11 is 0. The second-order valence-corrected chi connectivity index (χ2v) is 6.18. The van der Waals surface area contributed by atoms with Gasteiger partial charge in [-0.25, -0.2) is 0 Å². The second-order valence-electron chi connectivity index (χ2n) is 6.18. The third-order valence-electron chi connectivity index (χ3n) is 4.71. The predicted octanol–water partition coefficient (Wildman–Crippen LogP) is 3.86. The molecule has 0 saturated carbocycles. The van der Waals surface area contributed by atoms with E-state index in [-0.39, 0.29) is 11.9 Å². The number of rotatable bonds is 5. The quantitative estimate of drug-likeness (QED) is 0.778. The Hall–Kier alpha value is -2.75. The summed E-state index contributed by atoms with van der Waals surface area (Å²) in [6.45, 7) is 0. The van der Waals surface area contributed by atoms with Crippen molar-refractivity contribution < 1.29 is 14.3 Å². The molecule has 0 aliphatic heterocycles. The lowest BCUT2D eigenvalue weighted by atomic mass is 10.1. The van der Waals surface area contributed by atoms with Gasteiger partial charge in [-0.1, -0.05) is 24.3 Å². The fraction of sp³-hybridized carbons (Fsp3) is 0.286. The molecule has 1 unspecified atom stereocenters. The Morgan fingerprint density at radius 2 is 1.80 bits per heavy atom. The highest BCUT2D eigenvalue weighted by atomic mass is 16.5. The zero-order valence-corrected chi connectivity index (χ0v) is 14.9. The van der Waals surface area contributed by atoms with Crippen LogP contribution in [0.4, 0.5) is 0 Å². The van der Waals surface area contributed by atoms with Crippen LogP contribution in [0.1, 0.15) is 29.2 Å². The maximum absolute atomic E-state index is 12.6. The fourth-order valence-electron chi connectivity index (χ4n) is 3.30. The van der Waals surface area contributed by atoms with Crippen LogP contribution in [0.25, 0.3) is 6.08 Å². The Kier molecular flexibility index (Phi) is 5.08. The number of methoxy groups -OCH3 is 2. The normalized spacial score (nSPS) is 15.9. The first kappa shape index (κ1) is 17.1. The van der Waals surface area contributed by atoms with Gasteiger partial charge < -0.3 is 14.4 Å². The van der Waals surface area contributed by atoms with Crippen molar-refractivity contribution in [1.82, 2.24) is 4.90 Å². The van der Waals surface area contributed by atoms with Gasteiger partial charge in [-0.05, 0) is 47.7 Å². The van der Waals surface area contributed by atoms with Gasteiger partial charge in [0.2, 0.25) is 5.91 Å². The van der Waals surface area contributed by atoms with Crippen molar-refractivity contribution in [3.05, 3.63) is 65.2 Å². The fourth-order valence-corrected chi connectivity index (χ4v) is 3.30. The van der Waals surface area contributed by atoms with Crippen LogP contribution in [0, 0.1) is 0 Å². The summed E-state index contributed by atoms with van der Waals surface area (Å²) < 4.78 is 10.5. The van der Waals surface area contributed by atoms with Gasteiger partial charge in [-0.15, -0.1) is 0 Å². The average Bonchev–Trinajstić information content (AvgIpc) is 3.09. The van der Waals surface area contributed by atoms with Crippen molar-refractivity contribution in [2.24, 2.45) is 0 Å². The van der Waals surface area contributed by atoms with E-state index in [1.54, 1.807) is 32.4 Å². The van der Waals surface area contributed by atoms with Crippen molar-refractivity contribution in [1.29, 1.82) is 0 Å². The minimum Gasteiger partial charge on any atom is -0.497 e. The smallest absolute Gasteiger partial charge is 0.246 e. The number of fused-ring (bicyclic) bond motifs is 1. The van der Waals surface area contributed by atoms with Crippen molar-refractivity contribution in [2.75, 3.05) is 21.3 Å². The van der Waals surface area contributed by atoms with Crippen LogP contribution in [0.3, 0.4) is 0 Å². The highest BCUT2D eigenvalue weighted by Gasteiger charge is 2.27. The lowest BCUT2D eigenvalue weighted by Crippen LogP contribution is -2.28. The van der Waals surface area contributed by atoms with Crippen LogP contribution in [0.5, 0.6) is 11.5 Å². The molecule has 0 spiro atoms. The van der Waals surface area contributed by atoms with E-state index in [9.17, 15) is 4.79 Å². The van der Waals surface area contributed by atoms with E-state index in [2.05, 4.69) is 18.2 Å². The van der Waals surface area contributed by atoms with Gasteiger partial charge in [-0.2, -0.15) is 0 Å². The maximum atomic E-state index is 12.6. The summed E-state index contributed by atoms with van der Waals surface area (Å²) in [4.78, 5) is 14.4. The lowest BCUT2D eigenvalue weighted by molar-refractivity contribution is -0.126. The number of hydrogen-bond acceptors (Lipinski definition) is 3. The Morgan fingerprint density at radius 1 is 1.12 bits per heavy atom. The number of ether oxygens (including phenoxy) is 2. The van der Waals surface area contributed by atoms with Crippen LogP contribution in [0.2, 0.25) is 0 Å². The van der Waals surface area contributed by atoms with Gasteiger partial charge >= 0.3 is 0 Å². The van der Waals surface area contributed by atoms with E-state index in [0.29, 0.717) is 11.5 Å². The Morgan fingerprint density at radius 3 is 2.48 bits per heavy atom. The number of aryl methyl sites for hydroxylation is 1. The van der Waals surface area contributed by atoms with E-state index in [4.69, 9.17) is 9.47 Å². The molecule has 0 bridgehead atoms. The molecule has 4 nitrogen and oxygen atoms in total. The summed E-state index contributed by atoms with van der Waals surface area (Å²) in [5.41, 5.74) is 3.47. The van der Waals surface area contributed by atoms with E-state index in [1.165, 1.54) is 11.1 Å². The van der Waals surface area contributed by atoms with Crippen molar-refractivity contribution in [2.45, 2.75) is 18.9 Å². The lowest BCUT2D eigenvalue weighted by Gasteiger charge is -2.24. The molecule has 2 aromatic rings. The van der Waals surface area contributed by atoms with Crippen LogP contribution in [0.15, 0.2) is 48.5 Å². The summed E-state index contributed by atoms with van der Waals surface area (Å²) in [6.07, 6.45) is 5.40. The Bertz CT molecular complexity index is 775. The zero-order valence-electron chi connectivity index (χ0n) is 14.9. The second kappa shape index (κ2) is 7.43. The first-order chi connectivity index (χ1) is 12.1. The highest BCUT2D eigenvalue weighted by molar-refractivity contribution is 5.92. The molecule has 1 amide bonds. The predicted molar refractivity (Wildman–Crippen MR) is 98.9 cm³/mol. The largest absolute Gasteiger partial charge is 0.497 e. The molecule has 0 aromatic heterocycles. The zero-order chi connectivity index (χ0) is 17.8. The van der Waals surface area contributed by atoms with Crippen molar-refractivity contribution in [3.63, 3.8) is 0 Å². The Labute approximate surface area is 148 Å². The molecule has 0 fully saturated rings. The molecular formula is C21H23NO3. The molecule has 3 rings (SSSR count). The topological polar surface area (TPSA) is 38.8 Å². The van der Waals surface area contributed by atoms with E-state index in [1.807, 2.05) is 30.1 Å². The Balaban J connectivity index is 1.75. The average molecular weight is 337 g/mol. The van der Waals surface area contributed by atoms with Gasteiger partial charge in [0.05, 0.1) is 20.3 Å². The molecule has 1 aliphatic carbocycles. The monoisotopic (exact) mass is 337 g/mol. The number of hydrogen-bond donors (Lipinski definition) is 0. The standard InChI is InChI=1S/C21H23NO3/c1-22(20-10-9-16-6-4-5-7-19(16)20)21(23)11-8-15-12-17(24-2)14-18(13-15)25-3/h4-8,11-14,20H,9-10H2,1-3H3. The summed E-state index contributed by atoms with van der Waals surface area (Å²) in [5, 5.41) is 0. The molecule has 0 heterocycles. The molecule has 1 aliphatic rings. The van der Waals surface area contributed by atoms with E-state index in [0.717, 1.165) is 18.4 Å². The highest BCUT2D eigenvalue weighted by Crippen LogP contribution is 2.35. The van der Waals surface area contributed by atoms with Gasteiger partial charge in [0, 0.05) is 19.2 Å². The molecule has 0 saturated heterocycles. The van der Waals surface area contributed by atoms with Gasteiger partial charge in [0.15, 0.2) is 0 Å². The van der Waals surface area contributed by atoms with Gasteiger partial charge in [-0.3, -0.25) is 4.79 Å². The first-order valence-corrected chi connectivity index (χ1v) is 8.38. The summed E-state index contributed by atoms with van der Waals surface area (Å²) in [5.74, 6) is 1.39. The van der Waals surface area contributed by atoms with Crippen LogP contribution < -0.4 is 9.47 Å². The molecule has 1 atom stereocenters. The third kappa shape index (κ3) is 3.68. The van der Waals surface area contributed by atoms with Crippen molar-refractivity contribution >= 4 is 12.0 Å². The molecule has 130 valence electrons. The molecule has 25 heavy (non-hydrogen) atoms. The molecule has 0 radical (unpaired) electrons. The minimum absolute atomic E-state index is 0.0107. The number of nitrogens with zero attached hydrogens (tertiary/aromatic N) is 1. The van der Waals surface area contributed by atoms with Crippen molar-refractivity contribution in [3.8, 4) is 11.5 Å². The SMILES string of the molecule is COc1cc(C=CC(=O)N(C)C2CCc3ccccc32)cc(OC)c1. The molecule has 0 N–H and O–H groups in total. The number of amides is 1. The number of carbonyl (C=O) groups is 1. The van der Waals surface area contributed by atoms with E-state index >= 15 is 0 Å². The third-order valence-corrected chi connectivity index (χ3v) is 4.71. The number of likely N-dealkylation sites (N-methyl/N-ethyl adjacent to an activating group) is 1. The summed E-state index contributed by atoms with van der Waals surface area (Å²) in [7, 11) is 5.09. The number of carbonyl (C=O) groups excluding carboxylic acids is 1. The first-order valence-electron chi connectivity index (χ1n) is 8.38. The van der Waals surface area contributed by atoms with Gasteiger partial charge in [0.1, 0.15) is 11.5 Å². The van der Waals surface area contributed by atoms with Crippen LogP contribution in [-0.2, 0) is 11.2 Å². The minimum atomic E-state index is -0.0107. The molecule has 2 aromatic carbocycles. The number of benzene rings is 2. The molecular weight excluding hydrogens is 314 g/mol. The molecule has 4 heteroatoms. The van der Waals surface area contributed by atoms with Gasteiger partial charge in [0.25, 0.3) is 0 Å². The van der Waals surface area contributed by atoms with Crippen LogP contribution >= 0.6 is 0 Å². The van der Waals surface area contributed by atoms with E-state index < -0.39 is 0 Å². The van der Waals surface area contributed by atoms with Crippen LogP contribution in [-0.4, -0.2) is 32.1 Å². The summed E-state index contributed by atoms with van der Waals surface area (Å²) in [6, 6.07) is 14.1. The maximum Gasteiger partial charge on any atom is 0.246 e.